The Morgan fingerprint density at radius 1 is 0.479 bits per heavy atom. The Kier molecular flexibility index (Phi) is 9.86. The third-order valence-corrected chi connectivity index (χ3v) is 16.8. The SMILES string of the molecule is CC1(C)C2=CC=CCC2c2ccc(-n3c4ccccc4c4cc(-c5cc(N(c6ccccc6)c6ccc7c(c6)C(C)(C)c6ccccc6-7)ccc5N(c5ccccc5)c5cccc6c5C=CCC6)ccc43)cc21. The third-order valence-electron chi connectivity index (χ3n) is 16.8. The Morgan fingerprint density at radius 3 is 2.05 bits per heavy atom. The number of hydrogen-bond donors (Lipinski definition) is 0. The molecule has 1 atom stereocenters. The molecule has 3 heteroatoms. The molecule has 0 aliphatic heterocycles. The van der Waals surface area contributed by atoms with Crippen LogP contribution in [0.25, 0.3) is 55.8 Å². The number of anilines is 6. The number of allylic oxidation sites excluding steroid dienone is 5. The Labute approximate surface area is 429 Å². The average Bonchev–Trinajstić information content (AvgIpc) is 3.98. The van der Waals surface area contributed by atoms with Crippen LogP contribution in [0.3, 0.4) is 0 Å². The normalized spacial score (nSPS) is 16.4. The van der Waals surface area contributed by atoms with Crippen molar-refractivity contribution in [3.05, 3.63) is 263 Å². The second kappa shape index (κ2) is 16.6. The van der Waals surface area contributed by atoms with Crippen LogP contribution in [0.5, 0.6) is 0 Å². The van der Waals surface area contributed by atoms with Crippen molar-refractivity contribution in [3.63, 3.8) is 0 Å². The molecule has 0 N–H and O–H groups in total. The van der Waals surface area contributed by atoms with E-state index in [1.165, 1.54) is 83.3 Å². The lowest BCUT2D eigenvalue weighted by atomic mass is 9.79. The van der Waals surface area contributed by atoms with Crippen LogP contribution in [0, 0.1) is 0 Å². The highest BCUT2D eigenvalue weighted by molar-refractivity contribution is 6.11. The first-order valence-corrected chi connectivity index (χ1v) is 26.2. The molecule has 0 saturated heterocycles. The first-order chi connectivity index (χ1) is 35.7. The number of aryl methyl sites for hydroxylation is 1. The standard InChI is InChI=1S/C70H57N3/c1-69(2)61-30-16-13-27-54(61)56-38-35-51(44-63(56)69)71(48-22-7-5-8-23-48)50-37-41-67(72(49-24-9-6-10-25-49)65-33-19-21-46-20-11-12-26-53(46)65)59(43-50)47-34-40-68-60(42-47)58-29-15-18-32-66(58)73(68)52-36-39-57-55-28-14-17-31-62(55)70(3,4)64(57)45-52/h5-10,12-19,21-27,29-45,55H,11,20,28H2,1-4H3. The Morgan fingerprint density at radius 2 is 1.21 bits per heavy atom. The molecule has 3 nitrogen and oxygen atoms in total. The Bertz CT molecular complexity index is 3960. The minimum absolute atomic E-state index is 0.0405. The van der Waals surface area contributed by atoms with Gasteiger partial charge in [-0.25, -0.2) is 0 Å². The van der Waals surface area contributed by atoms with E-state index in [0.29, 0.717) is 5.92 Å². The summed E-state index contributed by atoms with van der Waals surface area (Å²) in [6.45, 7) is 9.56. The molecule has 0 fully saturated rings. The lowest BCUT2D eigenvalue weighted by molar-refractivity contribution is 0.612. The summed E-state index contributed by atoms with van der Waals surface area (Å²) in [7, 11) is 0. The highest BCUT2D eigenvalue weighted by Gasteiger charge is 2.42. The zero-order valence-corrected chi connectivity index (χ0v) is 42.0. The number of rotatable bonds is 8. The largest absolute Gasteiger partial charge is 0.310 e. The topological polar surface area (TPSA) is 11.4 Å². The van der Waals surface area contributed by atoms with Crippen molar-refractivity contribution in [1.82, 2.24) is 4.57 Å². The van der Waals surface area contributed by atoms with Crippen molar-refractivity contribution in [2.24, 2.45) is 0 Å². The van der Waals surface area contributed by atoms with Gasteiger partial charge in [0.25, 0.3) is 0 Å². The van der Waals surface area contributed by atoms with E-state index < -0.39 is 0 Å². The van der Waals surface area contributed by atoms with Crippen LogP contribution in [-0.2, 0) is 17.3 Å². The third kappa shape index (κ3) is 6.71. The fraction of sp³-hybridized carbons (Fsp3) is 0.143. The van der Waals surface area contributed by atoms with Crippen molar-refractivity contribution >= 4 is 62.0 Å². The summed E-state index contributed by atoms with van der Waals surface area (Å²) in [6, 6.07) is 75.3. The number of hydrogen-bond acceptors (Lipinski definition) is 2. The van der Waals surface area contributed by atoms with Gasteiger partial charge < -0.3 is 14.4 Å². The maximum absolute atomic E-state index is 2.50. The van der Waals surface area contributed by atoms with E-state index in [0.717, 1.165) is 58.8 Å². The van der Waals surface area contributed by atoms with Gasteiger partial charge >= 0.3 is 0 Å². The van der Waals surface area contributed by atoms with Gasteiger partial charge in [-0.3, -0.25) is 0 Å². The van der Waals surface area contributed by atoms with E-state index in [1.54, 1.807) is 0 Å². The summed E-state index contributed by atoms with van der Waals surface area (Å²) in [4.78, 5) is 4.95. The molecule has 73 heavy (non-hydrogen) atoms. The molecule has 4 aliphatic rings. The number of nitrogens with zero attached hydrogens (tertiary/aromatic N) is 3. The minimum Gasteiger partial charge on any atom is -0.310 e. The molecule has 1 unspecified atom stereocenters. The molecule has 0 saturated carbocycles. The average molecular weight is 940 g/mol. The van der Waals surface area contributed by atoms with Crippen LogP contribution >= 0.6 is 0 Å². The second-order valence-corrected chi connectivity index (χ2v) is 21.6. The molecule has 4 aliphatic carbocycles. The summed E-state index contributed by atoms with van der Waals surface area (Å²) < 4.78 is 2.50. The summed E-state index contributed by atoms with van der Waals surface area (Å²) in [5.41, 5.74) is 25.0. The Balaban J connectivity index is 0.999. The van der Waals surface area contributed by atoms with Crippen LogP contribution in [0.2, 0.25) is 0 Å². The maximum Gasteiger partial charge on any atom is 0.0541 e. The molecule has 0 bridgehead atoms. The fourth-order valence-electron chi connectivity index (χ4n) is 13.2. The molecule has 0 radical (unpaired) electrons. The van der Waals surface area contributed by atoms with Gasteiger partial charge in [0.1, 0.15) is 0 Å². The molecule has 0 spiro atoms. The van der Waals surface area contributed by atoms with Crippen LogP contribution < -0.4 is 9.80 Å². The number of benzene rings is 9. The van der Waals surface area contributed by atoms with Gasteiger partial charge in [0.05, 0.1) is 22.4 Å². The van der Waals surface area contributed by atoms with Gasteiger partial charge in [-0.15, -0.1) is 0 Å². The molecular weight excluding hydrogens is 883 g/mol. The summed E-state index contributed by atoms with van der Waals surface area (Å²) >= 11 is 0. The lowest BCUT2D eigenvalue weighted by Crippen LogP contribution is -2.17. The molecule has 0 amide bonds. The number of fused-ring (bicyclic) bond motifs is 10. The van der Waals surface area contributed by atoms with Crippen LogP contribution in [-0.4, -0.2) is 4.57 Å². The van der Waals surface area contributed by atoms with E-state index in [1.807, 2.05) is 0 Å². The van der Waals surface area contributed by atoms with Gasteiger partial charge in [0, 0.05) is 67.1 Å². The number of para-hydroxylation sites is 3. The van der Waals surface area contributed by atoms with Crippen molar-refractivity contribution in [1.29, 1.82) is 0 Å². The van der Waals surface area contributed by atoms with Gasteiger partial charge in [-0.2, -0.15) is 0 Å². The molecule has 9 aromatic carbocycles. The zero-order chi connectivity index (χ0) is 49.0. The molecule has 352 valence electrons. The van der Waals surface area contributed by atoms with Crippen LogP contribution in [0.15, 0.2) is 230 Å². The number of aromatic nitrogens is 1. The maximum atomic E-state index is 2.50. The van der Waals surface area contributed by atoms with Crippen molar-refractivity contribution in [2.45, 2.75) is 63.7 Å². The highest BCUT2D eigenvalue weighted by atomic mass is 15.2. The van der Waals surface area contributed by atoms with Gasteiger partial charge in [0.15, 0.2) is 0 Å². The fourth-order valence-corrected chi connectivity index (χ4v) is 13.2. The van der Waals surface area contributed by atoms with Crippen molar-refractivity contribution in [2.75, 3.05) is 9.80 Å². The highest BCUT2D eigenvalue weighted by Crippen LogP contribution is 2.55. The summed E-state index contributed by atoms with van der Waals surface area (Å²) in [5.74, 6) is 0.451. The van der Waals surface area contributed by atoms with E-state index in [9.17, 15) is 0 Å². The van der Waals surface area contributed by atoms with Gasteiger partial charge in [-0.1, -0.05) is 173 Å². The van der Waals surface area contributed by atoms with Crippen molar-refractivity contribution < 1.29 is 0 Å². The Hall–Kier alpha value is -8.40. The first-order valence-electron chi connectivity index (χ1n) is 26.2. The minimum atomic E-state index is -0.142. The van der Waals surface area contributed by atoms with Crippen molar-refractivity contribution in [3.8, 4) is 27.9 Å². The smallest absolute Gasteiger partial charge is 0.0541 e. The van der Waals surface area contributed by atoms with E-state index >= 15 is 0 Å². The molecule has 14 rings (SSSR count). The molecule has 1 aromatic heterocycles. The van der Waals surface area contributed by atoms with E-state index in [2.05, 4.69) is 273 Å². The second-order valence-electron chi connectivity index (χ2n) is 21.6. The summed E-state index contributed by atoms with van der Waals surface area (Å²) in [6.07, 6.45) is 14.8. The van der Waals surface area contributed by atoms with Crippen LogP contribution in [0.1, 0.15) is 79.8 Å². The van der Waals surface area contributed by atoms with E-state index in [-0.39, 0.29) is 10.8 Å². The predicted molar refractivity (Wildman–Crippen MR) is 308 cm³/mol. The predicted octanol–water partition coefficient (Wildman–Crippen LogP) is 18.9. The lowest BCUT2D eigenvalue weighted by Gasteiger charge is -2.32. The molecule has 1 heterocycles. The van der Waals surface area contributed by atoms with Crippen LogP contribution in [0.4, 0.5) is 34.1 Å². The summed E-state index contributed by atoms with van der Waals surface area (Å²) in [5, 5.41) is 2.48. The molecular formula is C70H57N3. The van der Waals surface area contributed by atoms with Gasteiger partial charge in [0.2, 0.25) is 0 Å². The zero-order valence-electron chi connectivity index (χ0n) is 42.0. The monoisotopic (exact) mass is 939 g/mol. The molecule has 10 aromatic rings. The quantitative estimate of drug-likeness (QED) is 0.150. The van der Waals surface area contributed by atoms with E-state index in [4.69, 9.17) is 0 Å². The first kappa shape index (κ1) is 43.4. The van der Waals surface area contributed by atoms with Gasteiger partial charge in [-0.05, 0) is 155 Å².